The van der Waals surface area contributed by atoms with E-state index in [2.05, 4.69) is 15.6 Å². The fraction of sp³-hybridized carbons (Fsp3) is 0.615. The summed E-state index contributed by atoms with van der Waals surface area (Å²) in [7, 11) is -3.68. The lowest BCUT2D eigenvalue weighted by molar-refractivity contribution is -0.0494. The van der Waals surface area contributed by atoms with Gasteiger partial charge in [-0.15, -0.1) is 0 Å². The van der Waals surface area contributed by atoms with Gasteiger partial charge in [-0.3, -0.25) is 4.99 Å². The van der Waals surface area contributed by atoms with Crippen LogP contribution in [0.25, 0.3) is 0 Å². The minimum atomic E-state index is -5.26. The molecule has 0 spiro atoms. The zero-order valence-electron chi connectivity index (χ0n) is 13.0. The maximum absolute atomic E-state index is 12.5. The van der Waals surface area contributed by atoms with Gasteiger partial charge in [0.2, 0.25) is 0 Å². The molecule has 0 radical (unpaired) electrons. The molecule has 2 N–H and O–H groups in total. The van der Waals surface area contributed by atoms with Crippen LogP contribution in [0.4, 0.5) is 13.2 Å². The van der Waals surface area contributed by atoms with Crippen molar-refractivity contribution in [1.29, 1.82) is 0 Å². The van der Waals surface area contributed by atoms with Crippen molar-refractivity contribution < 1.29 is 26.0 Å². The van der Waals surface area contributed by atoms with E-state index in [1.54, 1.807) is 25.4 Å². The normalized spacial score (nSPS) is 18.6. The number of hydrogen-bond donors (Lipinski definition) is 2. The Morgan fingerprint density at radius 1 is 1.42 bits per heavy atom. The molecule has 11 heteroatoms. The molecule has 0 aromatic carbocycles. The molecular formula is C13H19F3N4O3S. The van der Waals surface area contributed by atoms with Crippen molar-refractivity contribution in [3.05, 3.63) is 24.2 Å². The van der Waals surface area contributed by atoms with Gasteiger partial charge in [0.25, 0.3) is 0 Å². The molecule has 24 heavy (non-hydrogen) atoms. The molecule has 136 valence electrons. The molecule has 0 unspecified atom stereocenters. The van der Waals surface area contributed by atoms with E-state index < -0.39 is 15.5 Å². The van der Waals surface area contributed by atoms with Crippen LogP contribution in [0.2, 0.25) is 0 Å². The second-order valence-corrected chi connectivity index (χ2v) is 7.20. The van der Waals surface area contributed by atoms with Gasteiger partial charge in [-0.1, -0.05) is 0 Å². The van der Waals surface area contributed by atoms with Crippen molar-refractivity contribution in [3.63, 3.8) is 0 Å². The maximum atomic E-state index is 12.5. The Morgan fingerprint density at radius 2 is 2.08 bits per heavy atom. The number of guanidine groups is 1. The van der Waals surface area contributed by atoms with Crippen LogP contribution in [0.3, 0.4) is 0 Å². The lowest BCUT2D eigenvalue weighted by atomic mass is 10.1. The smallest absolute Gasteiger partial charge is 0.467 e. The molecule has 1 fully saturated rings. The molecule has 0 atom stereocenters. The van der Waals surface area contributed by atoms with Gasteiger partial charge in [-0.05, 0) is 25.0 Å². The quantitative estimate of drug-likeness (QED) is 0.617. The lowest BCUT2D eigenvalue weighted by Gasteiger charge is -2.32. The van der Waals surface area contributed by atoms with E-state index in [0.29, 0.717) is 22.6 Å². The van der Waals surface area contributed by atoms with E-state index >= 15 is 0 Å². The first-order chi connectivity index (χ1) is 11.2. The van der Waals surface area contributed by atoms with Crippen LogP contribution in [0, 0.1) is 0 Å². The van der Waals surface area contributed by atoms with E-state index in [9.17, 15) is 21.6 Å². The second-order valence-electron chi connectivity index (χ2n) is 5.27. The predicted molar refractivity (Wildman–Crippen MR) is 81.6 cm³/mol. The molecule has 1 saturated heterocycles. The number of halogens is 3. The predicted octanol–water partition coefficient (Wildman–Crippen LogP) is 1.26. The highest BCUT2D eigenvalue weighted by Gasteiger charge is 2.50. The van der Waals surface area contributed by atoms with Gasteiger partial charge in [-0.25, -0.2) is 8.42 Å². The zero-order valence-corrected chi connectivity index (χ0v) is 13.8. The molecule has 2 rings (SSSR count). The van der Waals surface area contributed by atoms with Gasteiger partial charge >= 0.3 is 15.5 Å². The number of piperidine rings is 1. The molecule has 1 aromatic heterocycles. The Kier molecular flexibility index (Phi) is 5.75. The number of nitrogens with zero attached hydrogens (tertiary/aromatic N) is 2. The SMILES string of the molecule is CN=C(NCc1ccco1)NC1CCN(S(=O)(=O)C(F)(F)F)CC1. The monoisotopic (exact) mass is 368 g/mol. The third-order valence-electron chi connectivity index (χ3n) is 3.66. The average molecular weight is 368 g/mol. The van der Waals surface area contributed by atoms with Gasteiger partial charge in [-0.2, -0.15) is 17.5 Å². The van der Waals surface area contributed by atoms with Crippen LogP contribution in [-0.4, -0.2) is 50.4 Å². The van der Waals surface area contributed by atoms with Crippen molar-refractivity contribution in [2.75, 3.05) is 20.1 Å². The first-order valence-electron chi connectivity index (χ1n) is 7.30. The number of nitrogens with one attached hydrogen (secondary N) is 2. The van der Waals surface area contributed by atoms with Gasteiger partial charge in [0.1, 0.15) is 5.76 Å². The van der Waals surface area contributed by atoms with Gasteiger partial charge in [0.05, 0.1) is 12.8 Å². The van der Waals surface area contributed by atoms with Crippen molar-refractivity contribution in [1.82, 2.24) is 14.9 Å². The molecule has 2 heterocycles. The Morgan fingerprint density at radius 3 is 2.58 bits per heavy atom. The Labute approximate surface area is 138 Å². The summed E-state index contributed by atoms with van der Waals surface area (Å²) in [5, 5.41) is 6.09. The highest BCUT2D eigenvalue weighted by atomic mass is 32.2. The third kappa shape index (κ3) is 4.41. The van der Waals surface area contributed by atoms with Crippen LogP contribution in [0.1, 0.15) is 18.6 Å². The average Bonchev–Trinajstić information content (AvgIpc) is 3.04. The maximum Gasteiger partial charge on any atom is 0.511 e. The van der Waals surface area contributed by atoms with Crippen LogP contribution in [0.15, 0.2) is 27.8 Å². The van der Waals surface area contributed by atoms with Crippen molar-refractivity contribution >= 4 is 16.0 Å². The molecule has 0 aliphatic carbocycles. The summed E-state index contributed by atoms with van der Waals surface area (Å²) in [6, 6.07) is 3.39. The topological polar surface area (TPSA) is 86.9 Å². The number of aliphatic imine (C=N–C) groups is 1. The Bertz CT molecular complexity index is 651. The molecule has 1 aromatic rings. The summed E-state index contributed by atoms with van der Waals surface area (Å²) in [5.74, 6) is 1.19. The van der Waals surface area contributed by atoms with E-state index in [1.165, 1.54) is 0 Å². The summed E-state index contributed by atoms with van der Waals surface area (Å²) >= 11 is 0. The number of alkyl halides is 3. The fourth-order valence-electron chi connectivity index (χ4n) is 2.36. The van der Waals surface area contributed by atoms with Gasteiger partial charge < -0.3 is 15.1 Å². The molecular weight excluding hydrogens is 349 g/mol. The largest absolute Gasteiger partial charge is 0.511 e. The Hall–Kier alpha value is -1.75. The fourth-order valence-corrected chi connectivity index (χ4v) is 3.34. The van der Waals surface area contributed by atoms with Crippen molar-refractivity contribution in [3.8, 4) is 0 Å². The summed E-state index contributed by atoms with van der Waals surface area (Å²) in [6.45, 7) is 0.0390. The minimum absolute atomic E-state index is 0.160. The Balaban J connectivity index is 1.83. The third-order valence-corrected chi connectivity index (χ3v) is 5.29. The van der Waals surface area contributed by atoms with Gasteiger partial charge in [0, 0.05) is 26.2 Å². The van der Waals surface area contributed by atoms with Gasteiger partial charge in [0.15, 0.2) is 5.96 Å². The minimum Gasteiger partial charge on any atom is -0.467 e. The molecule has 0 bridgehead atoms. The van der Waals surface area contributed by atoms with Crippen LogP contribution < -0.4 is 10.6 Å². The molecule has 1 aliphatic rings. The van der Waals surface area contributed by atoms with E-state index in [4.69, 9.17) is 4.42 Å². The highest BCUT2D eigenvalue weighted by molar-refractivity contribution is 7.90. The number of hydrogen-bond acceptors (Lipinski definition) is 4. The van der Waals surface area contributed by atoms with E-state index in [1.807, 2.05) is 0 Å². The van der Waals surface area contributed by atoms with Crippen LogP contribution >= 0.6 is 0 Å². The summed E-state index contributed by atoms with van der Waals surface area (Å²) in [4.78, 5) is 4.03. The molecule has 7 nitrogen and oxygen atoms in total. The second kappa shape index (κ2) is 7.43. The highest BCUT2D eigenvalue weighted by Crippen LogP contribution is 2.28. The molecule has 0 saturated carbocycles. The van der Waals surface area contributed by atoms with Crippen LogP contribution in [-0.2, 0) is 16.6 Å². The number of sulfonamides is 1. The van der Waals surface area contributed by atoms with Crippen LogP contribution in [0.5, 0.6) is 0 Å². The summed E-state index contributed by atoms with van der Waals surface area (Å²) in [5.41, 5.74) is -5.26. The lowest BCUT2D eigenvalue weighted by Crippen LogP contribution is -2.51. The van der Waals surface area contributed by atoms with Crippen molar-refractivity contribution in [2.24, 2.45) is 4.99 Å². The number of rotatable bonds is 4. The summed E-state index contributed by atoms with van der Waals surface area (Å²) in [6.07, 6.45) is 2.07. The molecule has 0 amide bonds. The zero-order chi connectivity index (χ0) is 17.8. The first kappa shape index (κ1) is 18.6. The summed E-state index contributed by atoms with van der Waals surface area (Å²) < 4.78 is 66.0. The number of furan rings is 1. The van der Waals surface area contributed by atoms with Crippen molar-refractivity contribution in [2.45, 2.75) is 30.9 Å². The van der Waals surface area contributed by atoms with E-state index in [-0.39, 0.29) is 32.0 Å². The first-order valence-corrected chi connectivity index (χ1v) is 8.74. The van der Waals surface area contributed by atoms with E-state index in [0.717, 1.165) is 0 Å². The standard InChI is InChI=1S/C13H19F3N4O3S/c1-17-12(18-9-11-3-2-8-23-11)19-10-4-6-20(7-5-10)24(21,22)13(14,15)16/h2-3,8,10H,4-7,9H2,1H3,(H2,17,18,19). The molecule has 1 aliphatic heterocycles.